The van der Waals surface area contributed by atoms with Crippen molar-refractivity contribution >= 4 is 17.6 Å². The number of esters is 1. The summed E-state index contributed by atoms with van der Waals surface area (Å²) in [6, 6.07) is 6.56. The number of hydrogen-bond acceptors (Lipinski definition) is 6. The van der Waals surface area contributed by atoms with Crippen molar-refractivity contribution in [3.8, 4) is 0 Å². The van der Waals surface area contributed by atoms with E-state index in [0.29, 0.717) is 5.76 Å². The maximum Gasteiger partial charge on any atom is 0.338 e. The number of nitro benzene ring substituents is 1. The molecule has 1 unspecified atom stereocenters. The lowest BCUT2D eigenvalue weighted by molar-refractivity contribution is -0.384. The lowest BCUT2D eigenvalue weighted by atomic mass is 10.1. The van der Waals surface area contributed by atoms with Gasteiger partial charge >= 0.3 is 5.97 Å². The number of ether oxygens (including phenoxy) is 1. The van der Waals surface area contributed by atoms with Gasteiger partial charge in [-0.1, -0.05) is 0 Å². The van der Waals surface area contributed by atoms with Crippen LogP contribution in [0.15, 0.2) is 41.0 Å². The minimum absolute atomic E-state index is 0.0261. The maximum atomic E-state index is 12.7. The second-order valence-electron chi connectivity index (χ2n) is 5.35. The van der Waals surface area contributed by atoms with E-state index in [0.717, 1.165) is 12.1 Å². The van der Waals surface area contributed by atoms with Crippen LogP contribution in [-0.4, -0.2) is 35.4 Å². The van der Waals surface area contributed by atoms with Crippen molar-refractivity contribution in [2.75, 3.05) is 13.7 Å². The largest absolute Gasteiger partial charge is 0.467 e. The molecule has 0 bridgehead atoms. The van der Waals surface area contributed by atoms with Crippen LogP contribution in [0.1, 0.15) is 46.4 Å². The Morgan fingerprint density at radius 1 is 1.32 bits per heavy atom. The number of nitrogens with zero attached hydrogens (tertiary/aromatic N) is 2. The molecule has 1 atom stereocenters. The van der Waals surface area contributed by atoms with E-state index in [4.69, 9.17) is 9.15 Å². The Hall–Kier alpha value is -3.16. The van der Waals surface area contributed by atoms with E-state index < -0.39 is 16.8 Å². The molecule has 2 aromatic rings. The summed E-state index contributed by atoms with van der Waals surface area (Å²) in [6.45, 7) is 3.51. The molecule has 1 heterocycles. The van der Waals surface area contributed by atoms with Gasteiger partial charge in [-0.2, -0.15) is 0 Å². The second kappa shape index (κ2) is 7.61. The average Bonchev–Trinajstić information content (AvgIpc) is 3.14. The first-order valence-corrected chi connectivity index (χ1v) is 7.62. The lowest BCUT2D eigenvalue weighted by Crippen LogP contribution is -2.29. The van der Waals surface area contributed by atoms with Crippen molar-refractivity contribution in [3.63, 3.8) is 0 Å². The molecule has 0 aliphatic carbocycles. The molecule has 1 amide bonds. The highest BCUT2D eigenvalue weighted by molar-refractivity contribution is 5.99. The van der Waals surface area contributed by atoms with Crippen LogP contribution in [0.2, 0.25) is 0 Å². The van der Waals surface area contributed by atoms with Crippen molar-refractivity contribution in [3.05, 3.63) is 63.6 Å². The Morgan fingerprint density at radius 3 is 2.56 bits per heavy atom. The minimum atomic E-state index is -0.720. The topological polar surface area (TPSA) is 103 Å². The summed E-state index contributed by atoms with van der Waals surface area (Å²) in [5.41, 5.74) is -0.371. The fourth-order valence-electron chi connectivity index (χ4n) is 2.27. The van der Waals surface area contributed by atoms with Gasteiger partial charge < -0.3 is 14.1 Å². The molecule has 8 nitrogen and oxygen atoms in total. The van der Waals surface area contributed by atoms with Crippen molar-refractivity contribution in [2.24, 2.45) is 0 Å². The number of hydrogen-bond donors (Lipinski definition) is 0. The van der Waals surface area contributed by atoms with Crippen LogP contribution >= 0.6 is 0 Å². The molecule has 8 heteroatoms. The molecule has 0 N–H and O–H groups in total. The zero-order chi connectivity index (χ0) is 18.6. The van der Waals surface area contributed by atoms with Crippen LogP contribution in [0.4, 0.5) is 5.69 Å². The number of benzene rings is 1. The zero-order valence-electron chi connectivity index (χ0n) is 14.1. The van der Waals surface area contributed by atoms with E-state index >= 15 is 0 Å². The van der Waals surface area contributed by atoms with Crippen LogP contribution in [0, 0.1) is 10.1 Å². The lowest BCUT2D eigenvalue weighted by Gasteiger charge is -2.23. The third-order valence-electron chi connectivity index (χ3n) is 3.74. The molecule has 0 spiro atoms. The average molecular weight is 346 g/mol. The van der Waals surface area contributed by atoms with Crippen LogP contribution in [-0.2, 0) is 4.74 Å². The first-order chi connectivity index (χ1) is 11.8. The van der Waals surface area contributed by atoms with Gasteiger partial charge in [0.15, 0.2) is 0 Å². The van der Waals surface area contributed by atoms with Crippen molar-refractivity contribution in [1.82, 2.24) is 4.90 Å². The molecule has 1 aromatic carbocycles. The van der Waals surface area contributed by atoms with Crippen molar-refractivity contribution < 1.29 is 23.7 Å². The molecule has 0 radical (unpaired) electrons. The quantitative estimate of drug-likeness (QED) is 0.452. The van der Waals surface area contributed by atoms with Gasteiger partial charge in [-0.15, -0.1) is 0 Å². The van der Waals surface area contributed by atoms with Crippen LogP contribution in [0.3, 0.4) is 0 Å². The number of furan rings is 1. The van der Waals surface area contributed by atoms with Crippen molar-refractivity contribution in [1.29, 1.82) is 0 Å². The molecule has 1 aromatic heterocycles. The van der Waals surface area contributed by atoms with E-state index in [1.54, 1.807) is 33.0 Å². The highest BCUT2D eigenvalue weighted by Gasteiger charge is 2.24. The molecule has 2 rings (SSSR count). The summed E-state index contributed by atoms with van der Waals surface area (Å²) < 4.78 is 10.1. The number of amides is 1. The van der Waals surface area contributed by atoms with Gasteiger partial charge in [-0.3, -0.25) is 14.9 Å². The molecule has 25 heavy (non-hydrogen) atoms. The van der Waals surface area contributed by atoms with Gasteiger partial charge in [0.25, 0.3) is 11.6 Å². The summed E-state index contributed by atoms with van der Waals surface area (Å²) >= 11 is 0. The molecule has 0 aliphatic rings. The molecular formula is C17H18N2O6. The third-order valence-corrected chi connectivity index (χ3v) is 3.74. The first kappa shape index (κ1) is 18.2. The van der Waals surface area contributed by atoms with Crippen LogP contribution in [0.5, 0.6) is 0 Å². The van der Waals surface area contributed by atoms with Gasteiger partial charge in [0, 0.05) is 24.7 Å². The Kier molecular flexibility index (Phi) is 5.53. The molecule has 0 saturated carbocycles. The maximum absolute atomic E-state index is 12.7. The predicted octanol–water partition coefficient (Wildman–Crippen LogP) is 3.20. The third kappa shape index (κ3) is 4.03. The summed E-state index contributed by atoms with van der Waals surface area (Å²) in [5, 5.41) is 11.1. The summed E-state index contributed by atoms with van der Waals surface area (Å²) in [4.78, 5) is 36.4. The van der Waals surface area contributed by atoms with Gasteiger partial charge in [0.1, 0.15) is 5.76 Å². The molecule has 0 aliphatic heterocycles. The number of non-ortho nitro benzene ring substituents is 1. The summed E-state index contributed by atoms with van der Waals surface area (Å²) in [5.74, 6) is -0.618. The van der Waals surface area contributed by atoms with Gasteiger partial charge in [-0.25, -0.2) is 4.79 Å². The molecule has 132 valence electrons. The Morgan fingerprint density at radius 2 is 2.00 bits per heavy atom. The molecular weight excluding hydrogens is 328 g/mol. The number of rotatable bonds is 6. The monoisotopic (exact) mass is 346 g/mol. The SMILES string of the molecule is CCOC(=O)c1cc(C(=O)N(C)C(C)c2ccco2)cc([N+](=O)[O-])c1. The highest BCUT2D eigenvalue weighted by atomic mass is 16.6. The van der Waals surface area contributed by atoms with Gasteiger partial charge in [-0.05, 0) is 32.0 Å². The number of carbonyl (C=O) groups is 2. The van der Waals surface area contributed by atoms with Gasteiger partial charge in [0.2, 0.25) is 0 Å². The number of nitro groups is 1. The van der Waals surface area contributed by atoms with Crippen molar-refractivity contribution in [2.45, 2.75) is 19.9 Å². The predicted molar refractivity (Wildman–Crippen MR) is 88.3 cm³/mol. The van der Waals surface area contributed by atoms with E-state index in [1.165, 1.54) is 17.2 Å². The smallest absolute Gasteiger partial charge is 0.338 e. The Labute approximate surface area is 144 Å². The Balaban J connectivity index is 2.37. The van der Waals surface area contributed by atoms with E-state index in [2.05, 4.69) is 0 Å². The zero-order valence-corrected chi connectivity index (χ0v) is 14.1. The Bertz CT molecular complexity index is 784. The fourth-order valence-corrected chi connectivity index (χ4v) is 2.27. The minimum Gasteiger partial charge on any atom is -0.467 e. The molecule has 0 fully saturated rings. The van der Waals surface area contributed by atoms with Crippen LogP contribution in [0.25, 0.3) is 0 Å². The first-order valence-electron chi connectivity index (χ1n) is 7.62. The van der Waals surface area contributed by atoms with E-state index in [-0.39, 0.29) is 29.5 Å². The summed E-state index contributed by atoms with van der Waals surface area (Å²) in [7, 11) is 1.55. The number of carbonyl (C=O) groups excluding carboxylic acids is 2. The van der Waals surface area contributed by atoms with E-state index in [9.17, 15) is 19.7 Å². The van der Waals surface area contributed by atoms with Crippen LogP contribution < -0.4 is 0 Å². The normalized spacial score (nSPS) is 11.6. The van der Waals surface area contributed by atoms with E-state index in [1.807, 2.05) is 0 Å². The fraction of sp³-hybridized carbons (Fsp3) is 0.294. The summed E-state index contributed by atoms with van der Waals surface area (Å²) in [6.07, 6.45) is 1.50. The second-order valence-corrected chi connectivity index (χ2v) is 5.35. The van der Waals surface area contributed by atoms with Gasteiger partial charge in [0.05, 0.1) is 29.4 Å². The molecule has 0 saturated heterocycles. The standard InChI is InChI=1S/C17H18N2O6/c1-4-24-17(21)13-8-12(9-14(10-13)19(22)23)16(20)18(3)11(2)15-6-5-7-25-15/h5-11H,4H2,1-3H3. The highest BCUT2D eigenvalue weighted by Crippen LogP contribution is 2.24.